The smallest absolute Gasteiger partial charge is 0.321 e. The van der Waals surface area contributed by atoms with Crippen LogP contribution in [0, 0.1) is 12.8 Å². The highest BCUT2D eigenvalue weighted by molar-refractivity contribution is 5.88. The molecule has 5 nitrogen and oxygen atoms in total. The van der Waals surface area contributed by atoms with Crippen LogP contribution in [-0.4, -0.2) is 33.3 Å². The first-order valence-electron chi connectivity index (χ1n) is 7.07. The van der Waals surface area contributed by atoms with Gasteiger partial charge in [-0.2, -0.15) is 5.10 Å². The number of likely N-dealkylation sites (tertiary alicyclic amines) is 1. The zero-order chi connectivity index (χ0) is 14.0. The number of nitrogens with zero attached hydrogens (tertiary/aromatic N) is 3. The third-order valence-corrected chi connectivity index (χ3v) is 3.93. The molecular weight excluding hydrogens is 240 g/mol. The van der Waals surface area contributed by atoms with Crippen molar-refractivity contribution in [2.45, 2.75) is 46.1 Å². The Morgan fingerprint density at radius 2 is 2.21 bits per heavy atom. The summed E-state index contributed by atoms with van der Waals surface area (Å²) < 4.78 is 1.77. The van der Waals surface area contributed by atoms with Gasteiger partial charge >= 0.3 is 6.03 Å². The predicted molar refractivity (Wildman–Crippen MR) is 76.1 cm³/mol. The van der Waals surface area contributed by atoms with Gasteiger partial charge < -0.3 is 4.90 Å². The number of amides is 2. The Balaban J connectivity index is 2.05. The van der Waals surface area contributed by atoms with Crippen LogP contribution in [0.15, 0.2) is 6.07 Å². The lowest BCUT2D eigenvalue weighted by Gasteiger charge is -2.37. The number of hydrogen-bond donors (Lipinski definition) is 1. The maximum atomic E-state index is 12.4. The highest BCUT2D eigenvalue weighted by Gasteiger charge is 2.29. The Morgan fingerprint density at radius 1 is 1.47 bits per heavy atom. The summed E-state index contributed by atoms with van der Waals surface area (Å²) in [6.07, 6.45) is 3.42. The molecule has 0 saturated carbocycles. The van der Waals surface area contributed by atoms with Crippen molar-refractivity contribution >= 4 is 11.8 Å². The number of carbonyl (C=O) groups excluding carboxylic acids is 1. The van der Waals surface area contributed by atoms with E-state index in [4.69, 9.17) is 0 Å². The number of piperidine rings is 1. The van der Waals surface area contributed by atoms with E-state index in [2.05, 4.69) is 24.3 Å². The largest absolute Gasteiger partial charge is 0.323 e. The number of urea groups is 1. The fourth-order valence-corrected chi connectivity index (χ4v) is 2.71. The summed E-state index contributed by atoms with van der Waals surface area (Å²) in [6.45, 7) is 7.18. The summed E-state index contributed by atoms with van der Waals surface area (Å²) >= 11 is 0. The van der Waals surface area contributed by atoms with E-state index >= 15 is 0 Å². The molecule has 2 amide bonds. The van der Waals surface area contributed by atoms with E-state index in [1.54, 1.807) is 4.68 Å². The van der Waals surface area contributed by atoms with Crippen LogP contribution in [0.3, 0.4) is 0 Å². The molecule has 1 aromatic heterocycles. The number of aryl methyl sites for hydroxylation is 2. The molecule has 0 unspecified atom stereocenters. The zero-order valence-electron chi connectivity index (χ0n) is 12.3. The van der Waals surface area contributed by atoms with Crippen LogP contribution in [0.4, 0.5) is 10.6 Å². The minimum atomic E-state index is -0.0171. The Hall–Kier alpha value is -1.52. The Morgan fingerprint density at radius 3 is 2.79 bits per heavy atom. The van der Waals surface area contributed by atoms with Gasteiger partial charge in [-0.25, -0.2) is 4.79 Å². The minimum Gasteiger partial charge on any atom is -0.321 e. The third-order valence-electron chi connectivity index (χ3n) is 3.93. The Labute approximate surface area is 115 Å². The second-order valence-electron chi connectivity index (χ2n) is 5.73. The number of nitrogens with one attached hydrogen (secondary N) is 1. The monoisotopic (exact) mass is 264 g/mol. The quantitative estimate of drug-likeness (QED) is 0.893. The van der Waals surface area contributed by atoms with E-state index in [9.17, 15) is 4.79 Å². The average molecular weight is 264 g/mol. The Bertz CT molecular complexity index is 433. The van der Waals surface area contributed by atoms with Crippen molar-refractivity contribution in [3.63, 3.8) is 0 Å². The van der Waals surface area contributed by atoms with Crippen LogP contribution >= 0.6 is 0 Å². The molecule has 0 aromatic carbocycles. The fraction of sp³-hybridized carbons (Fsp3) is 0.714. The normalized spacial score (nSPS) is 19.8. The molecule has 2 rings (SSSR count). The second-order valence-corrected chi connectivity index (χ2v) is 5.73. The van der Waals surface area contributed by atoms with Crippen LogP contribution in [0.1, 0.15) is 38.8 Å². The van der Waals surface area contributed by atoms with Crippen LogP contribution in [0.25, 0.3) is 0 Å². The molecular formula is C14H24N4O. The van der Waals surface area contributed by atoms with Crippen molar-refractivity contribution < 1.29 is 4.79 Å². The SMILES string of the molecule is Cc1cc(NC(=O)N2CCCC[C@@H]2C(C)C)nn1C. The summed E-state index contributed by atoms with van der Waals surface area (Å²) in [5.41, 5.74) is 1.04. The van der Waals surface area contributed by atoms with Crippen molar-refractivity contribution in [2.75, 3.05) is 11.9 Å². The third kappa shape index (κ3) is 3.08. The van der Waals surface area contributed by atoms with Gasteiger partial charge in [0.25, 0.3) is 0 Å². The van der Waals surface area contributed by atoms with Crippen molar-refractivity contribution in [2.24, 2.45) is 13.0 Å². The molecule has 0 bridgehead atoms. The predicted octanol–water partition coefficient (Wildman–Crippen LogP) is 2.77. The number of anilines is 1. The van der Waals surface area contributed by atoms with Crippen molar-refractivity contribution in [3.8, 4) is 0 Å². The number of carbonyl (C=O) groups is 1. The van der Waals surface area contributed by atoms with E-state index in [1.807, 2.05) is 24.9 Å². The lowest BCUT2D eigenvalue weighted by atomic mass is 9.93. The molecule has 0 radical (unpaired) electrons. The highest BCUT2D eigenvalue weighted by Crippen LogP contribution is 2.23. The molecule has 1 saturated heterocycles. The van der Waals surface area contributed by atoms with Gasteiger partial charge in [0.1, 0.15) is 0 Å². The molecule has 1 aliphatic rings. The first-order chi connectivity index (χ1) is 8.99. The van der Waals surface area contributed by atoms with Gasteiger partial charge in [0.2, 0.25) is 0 Å². The van der Waals surface area contributed by atoms with Crippen LogP contribution in [0.2, 0.25) is 0 Å². The van der Waals surface area contributed by atoms with Crippen LogP contribution < -0.4 is 5.32 Å². The molecule has 1 N–H and O–H groups in total. The van der Waals surface area contributed by atoms with Crippen LogP contribution in [-0.2, 0) is 7.05 Å². The number of aromatic nitrogens is 2. The Kier molecular flexibility index (Phi) is 4.12. The van der Waals surface area contributed by atoms with Gasteiger partial charge in [0.15, 0.2) is 5.82 Å². The van der Waals surface area contributed by atoms with E-state index < -0.39 is 0 Å². The molecule has 1 fully saturated rings. The first kappa shape index (κ1) is 13.9. The minimum absolute atomic E-state index is 0.0171. The molecule has 106 valence electrons. The zero-order valence-corrected chi connectivity index (χ0v) is 12.3. The topological polar surface area (TPSA) is 50.2 Å². The average Bonchev–Trinajstić information content (AvgIpc) is 2.68. The highest BCUT2D eigenvalue weighted by atomic mass is 16.2. The molecule has 0 aliphatic carbocycles. The van der Waals surface area contributed by atoms with Crippen molar-refractivity contribution in [3.05, 3.63) is 11.8 Å². The van der Waals surface area contributed by atoms with Gasteiger partial charge in [-0.15, -0.1) is 0 Å². The standard InChI is InChI=1S/C14H24N4O/c1-10(2)12-7-5-6-8-18(12)14(19)15-13-9-11(3)17(4)16-13/h9-10,12H,5-8H2,1-4H3,(H,15,16,19)/t12-/m1/s1. The molecule has 2 heterocycles. The lowest BCUT2D eigenvalue weighted by molar-refractivity contribution is 0.137. The molecule has 5 heteroatoms. The molecule has 1 atom stereocenters. The molecule has 0 spiro atoms. The van der Waals surface area contributed by atoms with Crippen molar-refractivity contribution in [1.29, 1.82) is 0 Å². The summed E-state index contributed by atoms with van der Waals surface area (Å²) in [5, 5.41) is 7.19. The maximum Gasteiger partial charge on any atom is 0.323 e. The molecule has 1 aliphatic heterocycles. The second kappa shape index (κ2) is 5.63. The number of hydrogen-bond acceptors (Lipinski definition) is 2. The van der Waals surface area contributed by atoms with Gasteiger partial charge in [-0.3, -0.25) is 10.00 Å². The van der Waals surface area contributed by atoms with Gasteiger partial charge in [0.05, 0.1) is 0 Å². The molecule has 19 heavy (non-hydrogen) atoms. The van der Waals surface area contributed by atoms with Gasteiger partial charge in [-0.1, -0.05) is 13.8 Å². The molecule has 1 aromatic rings. The van der Waals surface area contributed by atoms with Gasteiger partial charge in [-0.05, 0) is 32.1 Å². The van der Waals surface area contributed by atoms with Crippen LogP contribution in [0.5, 0.6) is 0 Å². The fourth-order valence-electron chi connectivity index (χ4n) is 2.71. The van der Waals surface area contributed by atoms with Gasteiger partial charge in [0, 0.05) is 31.4 Å². The maximum absolute atomic E-state index is 12.4. The number of rotatable bonds is 2. The summed E-state index contributed by atoms with van der Waals surface area (Å²) in [7, 11) is 1.88. The van der Waals surface area contributed by atoms with Crippen molar-refractivity contribution in [1.82, 2.24) is 14.7 Å². The summed E-state index contributed by atoms with van der Waals surface area (Å²) in [6, 6.07) is 2.22. The van der Waals surface area contributed by atoms with E-state index in [0.717, 1.165) is 25.1 Å². The summed E-state index contributed by atoms with van der Waals surface area (Å²) in [5.74, 6) is 1.13. The summed E-state index contributed by atoms with van der Waals surface area (Å²) in [4.78, 5) is 14.3. The lowest BCUT2D eigenvalue weighted by Crippen LogP contribution is -2.48. The first-order valence-corrected chi connectivity index (χ1v) is 7.07. The van der Waals surface area contributed by atoms with E-state index in [1.165, 1.54) is 6.42 Å². The van der Waals surface area contributed by atoms with E-state index in [0.29, 0.717) is 17.8 Å². The van der Waals surface area contributed by atoms with E-state index in [-0.39, 0.29) is 6.03 Å².